The monoisotopic (exact) mass is 417 g/mol. The molecule has 29 heavy (non-hydrogen) atoms. The van der Waals surface area contributed by atoms with E-state index in [4.69, 9.17) is 14.2 Å². The van der Waals surface area contributed by atoms with Crippen molar-refractivity contribution in [2.45, 2.75) is 49.0 Å². The van der Waals surface area contributed by atoms with E-state index in [0.717, 1.165) is 47.7 Å². The average Bonchev–Trinajstić information content (AvgIpc) is 2.69. The van der Waals surface area contributed by atoms with Gasteiger partial charge in [-0.2, -0.15) is 0 Å². The Morgan fingerprint density at radius 2 is 1.69 bits per heavy atom. The molecule has 1 aliphatic heterocycles. The fourth-order valence-electron chi connectivity index (χ4n) is 6.04. The summed E-state index contributed by atoms with van der Waals surface area (Å²) in [6.45, 7) is 0.890. The van der Waals surface area contributed by atoms with Gasteiger partial charge in [-0.05, 0) is 74.5 Å². The van der Waals surface area contributed by atoms with Crippen LogP contribution in [0.4, 0.5) is 0 Å². The summed E-state index contributed by atoms with van der Waals surface area (Å²) in [5, 5.41) is 3.23. The molecule has 6 nitrogen and oxygen atoms in total. The van der Waals surface area contributed by atoms with Gasteiger partial charge in [-0.15, -0.1) is 11.8 Å². The standard InChI is InChI=1S/C22H27NO5S/c24-20(23-22-9-14-5-15(10-22)7-16(6-14)11-22)12-28-21(25)13-29-17-1-2-18-19(8-17)27-4-3-26-18/h1-2,8,14-16H,3-7,9-13H2,(H,23,24). The molecule has 0 atom stereocenters. The van der Waals surface area contributed by atoms with Gasteiger partial charge >= 0.3 is 5.97 Å². The number of esters is 1. The lowest BCUT2D eigenvalue weighted by atomic mass is 9.53. The number of thioether (sulfide) groups is 1. The van der Waals surface area contributed by atoms with Crippen molar-refractivity contribution in [3.63, 3.8) is 0 Å². The minimum absolute atomic E-state index is 0.0435. The average molecular weight is 418 g/mol. The molecule has 1 aromatic rings. The molecule has 0 spiro atoms. The molecule has 7 heteroatoms. The first-order valence-corrected chi connectivity index (χ1v) is 11.5. The van der Waals surface area contributed by atoms with E-state index in [1.807, 2.05) is 18.2 Å². The van der Waals surface area contributed by atoms with Crippen molar-refractivity contribution >= 4 is 23.6 Å². The van der Waals surface area contributed by atoms with E-state index in [2.05, 4.69) is 5.32 Å². The molecule has 1 aromatic carbocycles. The highest BCUT2D eigenvalue weighted by Crippen LogP contribution is 2.55. The smallest absolute Gasteiger partial charge is 0.316 e. The molecule has 0 radical (unpaired) electrons. The first-order chi connectivity index (χ1) is 14.1. The Balaban J connectivity index is 1.08. The predicted octanol–water partition coefficient (Wildman–Crippen LogP) is 3.18. The SMILES string of the molecule is O=C(COC(=O)CSc1ccc2c(c1)OCCO2)NC12CC3CC(CC(C3)C1)C2. The number of nitrogens with one attached hydrogen (secondary N) is 1. The van der Waals surface area contributed by atoms with Crippen molar-refractivity contribution in [2.24, 2.45) is 17.8 Å². The lowest BCUT2D eigenvalue weighted by molar-refractivity contribution is -0.147. The highest BCUT2D eigenvalue weighted by molar-refractivity contribution is 8.00. The maximum Gasteiger partial charge on any atom is 0.316 e. The third-order valence-corrected chi connectivity index (χ3v) is 7.64. The molecule has 1 N–H and O–H groups in total. The van der Waals surface area contributed by atoms with Crippen LogP contribution in [-0.2, 0) is 14.3 Å². The van der Waals surface area contributed by atoms with E-state index in [-0.39, 0.29) is 29.8 Å². The van der Waals surface area contributed by atoms with Crippen molar-refractivity contribution in [3.8, 4) is 11.5 Å². The van der Waals surface area contributed by atoms with E-state index in [0.29, 0.717) is 19.0 Å². The van der Waals surface area contributed by atoms with Crippen LogP contribution in [0.5, 0.6) is 11.5 Å². The van der Waals surface area contributed by atoms with Gasteiger partial charge in [-0.25, -0.2) is 0 Å². The number of hydrogen-bond donors (Lipinski definition) is 1. The Kier molecular flexibility index (Phi) is 5.10. The van der Waals surface area contributed by atoms with Gasteiger partial charge < -0.3 is 19.5 Å². The molecule has 0 aromatic heterocycles. The molecule has 4 aliphatic carbocycles. The van der Waals surface area contributed by atoms with E-state index >= 15 is 0 Å². The molecule has 4 saturated carbocycles. The third kappa shape index (κ3) is 4.20. The Bertz CT molecular complexity index is 775. The van der Waals surface area contributed by atoms with Gasteiger partial charge in [0.05, 0.1) is 5.75 Å². The zero-order valence-electron chi connectivity index (χ0n) is 16.5. The van der Waals surface area contributed by atoms with Crippen LogP contribution in [0.1, 0.15) is 38.5 Å². The Hall–Kier alpha value is -1.89. The first kappa shape index (κ1) is 19.1. The maximum absolute atomic E-state index is 12.4. The second-order valence-corrected chi connectivity index (χ2v) is 10.0. The second kappa shape index (κ2) is 7.74. The number of rotatable bonds is 6. The highest BCUT2D eigenvalue weighted by Gasteiger charge is 2.51. The van der Waals surface area contributed by atoms with Crippen LogP contribution in [0.15, 0.2) is 23.1 Å². The molecule has 0 unspecified atom stereocenters. The largest absolute Gasteiger partial charge is 0.486 e. The Morgan fingerprint density at radius 1 is 1.03 bits per heavy atom. The summed E-state index contributed by atoms with van der Waals surface area (Å²) in [6.07, 6.45) is 7.29. The summed E-state index contributed by atoms with van der Waals surface area (Å²) in [4.78, 5) is 25.4. The number of carbonyl (C=O) groups excluding carboxylic acids is 2. The van der Waals surface area contributed by atoms with Gasteiger partial charge in [-0.1, -0.05) is 0 Å². The van der Waals surface area contributed by atoms with Gasteiger partial charge in [0.1, 0.15) is 13.2 Å². The summed E-state index contributed by atoms with van der Waals surface area (Å²) in [7, 11) is 0. The van der Waals surface area contributed by atoms with Crippen LogP contribution >= 0.6 is 11.8 Å². The summed E-state index contributed by atoms with van der Waals surface area (Å²) in [6, 6.07) is 5.61. The van der Waals surface area contributed by atoms with Crippen molar-refractivity contribution < 1.29 is 23.8 Å². The van der Waals surface area contributed by atoms with E-state index in [1.54, 1.807) is 0 Å². The van der Waals surface area contributed by atoms with E-state index < -0.39 is 0 Å². The topological polar surface area (TPSA) is 73.9 Å². The van der Waals surface area contributed by atoms with E-state index in [9.17, 15) is 9.59 Å². The van der Waals surface area contributed by atoms with Crippen molar-refractivity contribution in [1.29, 1.82) is 0 Å². The number of carbonyl (C=O) groups is 2. The molecule has 4 bridgehead atoms. The quantitative estimate of drug-likeness (QED) is 0.566. The van der Waals surface area contributed by atoms with Gasteiger partial charge in [0, 0.05) is 10.4 Å². The summed E-state index contributed by atoms with van der Waals surface area (Å²) in [5.41, 5.74) is -0.0435. The lowest BCUT2D eigenvalue weighted by Gasteiger charge is -2.56. The Morgan fingerprint density at radius 3 is 2.38 bits per heavy atom. The molecule has 156 valence electrons. The first-order valence-electron chi connectivity index (χ1n) is 10.6. The van der Waals surface area contributed by atoms with Crippen LogP contribution < -0.4 is 14.8 Å². The van der Waals surface area contributed by atoms with E-state index in [1.165, 1.54) is 31.0 Å². The van der Waals surface area contributed by atoms with Crippen molar-refractivity contribution in [3.05, 3.63) is 18.2 Å². The van der Waals surface area contributed by atoms with Crippen LogP contribution in [-0.4, -0.2) is 43.0 Å². The highest BCUT2D eigenvalue weighted by atomic mass is 32.2. The maximum atomic E-state index is 12.4. The van der Waals surface area contributed by atoms with Gasteiger partial charge in [-0.3, -0.25) is 9.59 Å². The zero-order valence-corrected chi connectivity index (χ0v) is 17.3. The summed E-state index contributed by atoms with van der Waals surface area (Å²) < 4.78 is 16.3. The van der Waals surface area contributed by atoms with Gasteiger partial charge in [0.25, 0.3) is 5.91 Å². The summed E-state index contributed by atoms with van der Waals surface area (Å²) >= 11 is 1.37. The predicted molar refractivity (Wildman–Crippen MR) is 108 cm³/mol. The molecule has 4 fully saturated rings. The van der Waals surface area contributed by atoms with Gasteiger partial charge in [0.2, 0.25) is 0 Å². The molecule has 1 heterocycles. The molecular weight excluding hydrogens is 390 g/mol. The molecular formula is C22H27NO5S. The number of benzene rings is 1. The second-order valence-electron chi connectivity index (χ2n) is 9.00. The van der Waals surface area contributed by atoms with Crippen LogP contribution in [0, 0.1) is 17.8 Å². The Labute approximate surface area is 175 Å². The number of ether oxygens (including phenoxy) is 3. The minimum atomic E-state index is -0.384. The molecule has 0 saturated heterocycles. The third-order valence-electron chi connectivity index (χ3n) is 6.68. The fraction of sp³-hybridized carbons (Fsp3) is 0.636. The van der Waals surface area contributed by atoms with Crippen LogP contribution in [0.25, 0.3) is 0 Å². The molecule has 1 amide bonds. The minimum Gasteiger partial charge on any atom is -0.486 e. The normalized spacial score (nSPS) is 31.4. The molecule has 6 rings (SSSR count). The van der Waals surface area contributed by atoms with Crippen LogP contribution in [0.3, 0.4) is 0 Å². The van der Waals surface area contributed by atoms with Crippen molar-refractivity contribution in [1.82, 2.24) is 5.32 Å². The van der Waals surface area contributed by atoms with Gasteiger partial charge in [0.15, 0.2) is 18.1 Å². The number of amides is 1. The van der Waals surface area contributed by atoms with Crippen LogP contribution in [0.2, 0.25) is 0 Å². The fourth-order valence-corrected chi connectivity index (χ4v) is 6.76. The van der Waals surface area contributed by atoms with Crippen molar-refractivity contribution in [2.75, 3.05) is 25.6 Å². The summed E-state index contributed by atoms with van der Waals surface area (Å²) in [5.74, 6) is 3.35. The number of hydrogen-bond acceptors (Lipinski definition) is 6. The lowest BCUT2D eigenvalue weighted by Crippen LogP contribution is -2.60. The zero-order chi connectivity index (χ0) is 19.8. The number of fused-ring (bicyclic) bond motifs is 1. The molecule has 5 aliphatic rings.